The number of nitrogens with zero attached hydrogens (tertiary/aromatic N) is 2. The van der Waals surface area contributed by atoms with Crippen LogP contribution in [0.3, 0.4) is 0 Å². The number of carbonyl (C=O) groups excluding carboxylic acids is 3. The van der Waals surface area contributed by atoms with E-state index in [0.29, 0.717) is 32.1 Å². The summed E-state index contributed by atoms with van der Waals surface area (Å²) in [5, 5.41) is 8.83. The summed E-state index contributed by atoms with van der Waals surface area (Å²) >= 11 is 0. The van der Waals surface area contributed by atoms with E-state index in [1.165, 1.54) is 0 Å². The first-order valence-corrected chi connectivity index (χ1v) is 10.1. The van der Waals surface area contributed by atoms with Crippen molar-refractivity contribution < 1.29 is 24.3 Å². The number of aldehydes is 1. The lowest BCUT2D eigenvalue weighted by Crippen LogP contribution is -2.52. The molecule has 10 nitrogen and oxygen atoms in total. The van der Waals surface area contributed by atoms with E-state index in [2.05, 4.69) is 4.99 Å². The molecule has 2 atom stereocenters. The van der Waals surface area contributed by atoms with Crippen molar-refractivity contribution in [1.29, 1.82) is 0 Å². The van der Waals surface area contributed by atoms with Gasteiger partial charge in [-0.1, -0.05) is 39.0 Å². The van der Waals surface area contributed by atoms with E-state index in [-0.39, 0.29) is 12.4 Å². The van der Waals surface area contributed by atoms with Gasteiger partial charge in [0.1, 0.15) is 6.29 Å². The number of rotatable bonds is 16. The minimum atomic E-state index is -1.36. The Bertz CT molecular complexity index is 563. The lowest BCUT2D eigenvalue weighted by molar-refractivity contribution is -0.152. The van der Waals surface area contributed by atoms with Gasteiger partial charge >= 0.3 is 5.97 Å². The Morgan fingerprint density at radius 1 is 1.07 bits per heavy atom. The molecule has 166 valence electrons. The summed E-state index contributed by atoms with van der Waals surface area (Å²) in [7, 11) is 0. The molecule has 0 spiro atoms. The Balaban J connectivity index is 4.57. The lowest BCUT2D eigenvalue weighted by Gasteiger charge is -2.28. The maximum atomic E-state index is 12.6. The molecule has 29 heavy (non-hydrogen) atoms. The van der Waals surface area contributed by atoms with Gasteiger partial charge in [-0.05, 0) is 19.3 Å². The number of hydrogen-bond donors (Lipinski definition) is 4. The van der Waals surface area contributed by atoms with Crippen LogP contribution in [0, 0.1) is 0 Å². The number of nitrogens with two attached hydrogens (primary N) is 3. The highest BCUT2D eigenvalue weighted by Gasteiger charge is 2.32. The molecule has 0 aromatic carbocycles. The molecule has 0 fully saturated rings. The van der Waals surface area contributed by atoms with Crippen LogP contribution in [0.4, 0.5) is 0 Å². The van der Waals surface area contributed by atoms with Crippen molar-refractivity contribution in [1.82, 2.24) is 4.90 Å². The number of carboxylic acids is 1. The largest absolute Gasteiger partial charge is 0.481 e. The van der Waals surface area contributed by atoms with Gasteiger partial charge < -0.3 is 27.1 Å². The number of unbranched alkanes of at least 4 members (excludes halogenated alkanes) is 5. The van der Waals surface area contributed by atoms with Gasteiger partial charge in [0.2, 0.25) is 11.8 Å². The second kappa shape index (κ2) is 15.4. The van der Waals surface area contributed by atoms with Gasteiger partial charge in [-0.3, -0.25) is 24.3 Å². The zero-order valence-electron chi connectivity index (χ0n) is 17.2. The minimum Gasteiger partial charge on any atom is -0.481 e. The minimum absolute atomic E-state index is 0.0855. The van der Waals surface area contributed by atoms with Crippen LogP contribution in [0.25, 0.3) is 0 Å². The number of guanidine groups is 1. The molecular formula is C19H35N5O5. The van der Waals surface area contributed by atoms with E-state index in [4.69, 9.17) is 22.3 Å². The average Bonchev–Trinajstić information content (AvgIpc) is 2.65. The van der Waals surface area contributed by atoms with Crippen LogP contribution in [0.2, 0.25) is 0 Å². The van der Waals surface area contributed by atoms with Gasteiger partial charge in [0.05, 0.1) is 18.5 Å². The van der Waals surface area contributed by atoms with Gasteiger partial charge in [0.25, 0.3) is 0 Å². The fourth-order valence-corrected chi connectivity index (χ4v) is 2.90. The van der Waals surface area contributed by atoms with Gasteiger partial charge in [0.15, 0.2) is 5.96 Å². The number of imide groups is 1. The highest BCUT2D eigenvalue weighted by molar-refractivity contribution is 6.01. The quantitative estimate of drug-likeness (QED) is 0.122. The van der Waals surface area contributed by atoms with Gasteiger partial charge in [-0.25, -0.2) is 0 Å². The van der Waals surface area contributed by atoms with Gasteiger partial charge in [0, 0.05) is 13.0 Å². The maximum Gasteiger partial charge on any atom is 0.305 e. The van der Waals surface area contributed by atoms with Crippen molar-refractivity contribution in [3.63, 3.8) is 0 Å². The van der Waals surface area contributed by atoms with Crippen LogP contribution in [0.5, 0.6) is 0 Å². The molecule has 0 aromatic rings. The molecule has 0 aliphatic rings. The van der Waals surface area contributed by atoms with Gasteiger partial charge in [-0.15, -0.1) is 0 Å². The zero-order chi connectivity index (χ0) is 22.2. The molecule has 0 aromatic heterocycles. The molecule has 0 aliphatic carbocycles. The predicted molar refractivity (Wildman–Crippen MR) is 110 cm³/mol. The van der Waals surface area contributed by atoms with Gasteiger partial charge in [-0.2, -0.15) is 0 Å². The lowest BCUT2D eigenvalue weighted by atomic mass is 10.1. The van der Waals surface area contributed by atoms with Crippen molar-refractivity contribution in [2.45, 2.75) is 83.2 Å². The molecule has 0 unspecified atom stereocenters. The molecule has 0 radical (unpaired) electrons. The van der Waals surface area contributed by atoms with Crippen molar-refractivity contribution in [2.75, 3.05) is 6.54 Å². The number of aliphatic carboxylic acids is 1. The van der Waals surface area contributed by atoms with Crippen LogP contribution in [-0.2, 0) is 19.2 Å². The molecule has 10 heteroatoms. The van der Waals surface area contributed by atoms with E-state index < -0.39 is 36.3 Å². The molecular weight excluding hydrogens is 378 g/mol. The third kappa shape index (κ3) is 11.8. The Morgan fingerprint density at radius 3 is 2.17 bits per heavy atom. The predicted octanol–water partition coefficient (Wildman–Crippen LogP) is 0.515. The summed E-state index contributed by atoms with van der Waals surface area (Å²) in [6.45, 7) is 2.42. The van der Waals surface area contributed by atoms with Crippen molar-refractivity contribution >= 4 is 30.0 Å². The topological polar surface area (TPSA) is 182 Å². The fourth-order valence-electron chi connectivity index (χ4n) is 2.90. The number of amides is 2. The number of aliphatic imine (C=N–C) groups is 1. The molecule has 0 bridgehead atoms. The smallest absolute Gasteiger partial charge is 0.305 e. The van der Waals surface area contributed by atoms with E-state index >= 15 is 0 Å². The summed E-state index contributed by atoms with van der Waals surface area (Å²) in [4.78, 5) is 52.1. The summed E-state index contributed by atoms with van der Waals surface area (Å²) in [6.07, 6.45) is 6.10. The van der Waals surface area contributed by atoms with E-state index in [1.807, 2.05) is 6.92 Å². The third-order valence-electron chi connectivity index (χ3n) is 4.38. The SMILES string of the molecule is CCC[C@@H](C=O)N(C(=O)CCCCCCCCN=C(N)N)C(=O)[C@@H](N)CC(=O)O. The zero-order valence-corrected chi connectivity index (χ0v) is 17.2. The number of hydrogen-bond acceptors (Lipinski definition) is 6. The molecule has 0 rings (SSSR count). The van der Waals surface area contributed by atoms with Crippen LogP contribution in [0.15, 0.2) is 4.99 Å². The molecule has 0 saturated carbocycles. The first-order valence-electron chi connectivity index (χ1n) is 10.1. The van der Waals surface area contributed by atoms with Crippen LogP contribution in [0.1, 0.15) is 71.1 Å². The van der Waals surface area contributed by atoms with Crippen LogP contribution in [-0.4, -0.2) is 58.7 Å². The summed E-state index contributed by atoms with van der Waals surface area (Å²) in [5.41, 5.74) is 16.1. The molecule has 0 saturated heterocycles. The maximum absolute atomic E-state index is 12.6. The normalized spacial score (nSPS) is 12.6. The van der Waals surface area contributed by atoms with Crippen molar-refractivity contribution in [3.8, 4) is 0 Å². The van der Waals surface area contributed by atoms with Crippen LogP contribution < -0.4 is 17.2 Å². The summed E-state index contributed by atoms with van der Waals surface area (Å²) in [6, 6.07) is -2.28. The number of carboxylic acid groups (broad SMARTS) is 1. The Morgan fingerprint density at radius 2 is 1.66 bits per heavy atom. The monoisotopic (exact) mass is 413 g/mol. The molecule has 2 amide bonds. The Hall–Kier alpha value is -2.49. The summed E-state index contributed by atoms with van der Waals surface area (Å²) < 4.78 is 0. The van der Waals surface area contributed by atoms with Crippen molar-refractivity contribution in [3.05, 3.63) is 0 Å². The van der Waals surface area contributed by atoms with E-state index in [1.54, 1.807) is 0 Å². The Labute approximate surface area is 171 Å². The highest BCUT2D eigenvalue weighted by Crippen LogP contribution is 2.14. The fraction of sp³-hybridized carbons (Fsp3) is 0.737. The first-order chi connectivity index (χ1) is 13.7. The van der Waals surface area contributed by atoms with Crippen LogP contribution >= 0.6 is 0 Å². The van der Waals surface area contributed by atoms with E-state index in [9.17, 15) is 19.2 Å². The standard InChI is InChI=1S/C19H35N5O5/c1-2-9-14(13-25)24(18(29)15(20)12-17(27)28)16(26)10-7-5-3-4-6-8-11-23-19(21)22/h13-15H,2-12,20H2,1H3,(H,27,28)(H4,21,22,23)/t14-,15-/m0/s1. The second-order valence-corrected chi connectivity index (χ2v) is 6.98. The molecule has 0 heterocycles. The summed E-state index contributed by atoms with van der Waals surface area (Å²) in [5.74, 6) is -2.46. The van der Waals surface area contributed by atoms with E-state index in [0.717, 1.165) is 37.0 Å². The molecule has 0 aliphatic heterocycles. The number of carbonyl (C=O) groups is 4. The Kier molecular flexibility index (Phi) is 14.1. The molecule has 7 N–H and O–H groups in total. The first kappa shape index (κ1) is 26.5. The highest BCUT2D eigenvalue weighted by atomic mass is 16.4. The second-order valence-electron chi connectivity index (χ2n) is 6.98. The third-order valence-corrected chi connectivity index (χ3v) is 4.38. The average molecular weight is 414 g/mol. The van der Waals surface area contributed by atoms with Crippen molar-refractivity contribution in [2.24, 2.45) is 22.2 Å².